The molecule has 4 aromatic rings. The molecule has 0 saturated carbocycles. The van der Waals surface area contributed by atoms with Gasteiger partial charge >= 0.3 is 0 Å². The number of furan rings is 1. The molecule has 2 aromatic carbocycles. The Morgan fingerprint density at radius 3 is 2.43 bits per heavy atom. The molecule has 1 N–H and O–H groups in total. The quantitative estimate of drug-likeness (QED) is 0.427. The number of carbonyl (C=O) groups is 1. The number of benzene rings is 2. The minimum Gasteiger partial charge on any atom is -0.469 e. The molecule has 0 aliphatic carbocycles. The number of carbonyl (C=O) groups excluding carboxylic acids is 1. The predicted octanol–water partition coefficient (Wildman–Crippen LogP) is 5.01. The van der Waals surface area contributed by atoms with Crippen LogP contribution in [0, 0.1) is 6.92 Å². The lowest BCUT2D eigenvalue weighted by Gasteiger charge is -2.14. The first kappa shape index (κ1) is 20.0. The van der Waals surface area contributed by atoms with Crippen molar-refractivity contribution in [3.63, 3.8) is 0 Å². The van der Waals surface area contributed by atoms with Crippen molar-refractivity contribution < 1.29 is 9.21 Å². The van der Waals surface area contributed by atoms with Gasteiger partial charge in [0.2, 0.25) is 5.91 Å². The summed E-state index contributed by atoms with van der Waals surface area (Å²) < 4.78 is 7.50. The first-order valence-electron chi connectivity index (χ1n) is 9.66. The van der Waals surface area contributed by atoms with Crippen molar-refractivity contribution in [3.05, 3.63) is 84.3 Å². The lowest BCUT2D eigenvalue weighted by Crippen LogP contribution is -2.23. The van der Waals surface area contributed by atoms with Crippen LogP contribution in [-0.2, 0) is 11.3 Å². The molecule has 30 heavy (non-hydrogen) atoms. The van der Waals surface area contributed by atoms with E-state index in [9.17, 15) is 4.79 Å². The fourth-order valence-electron chi connectivity index (χ4n) is 3.08. The highest BCUT2D eigenvalue weighted by atomic mass is 32.2. The molecule has 0 unspecified atom stereocenters. The fraction of sp³-hybridized carbons (Fsp3) is 0.174. The molecule has 0 aliphatic heterocycles. The van der Waals surface area contributed by atoms with Crippen molar-refractivity contribution in [1.29, 1.82) is 0 Å². The maximum absolute atomic E-state index is 12.7. The lowest BCUT2D eigenvalue weighted by molar-refractivity contribution is -0.115. The van der Waals surface area contributed by atoms with E-state index >= 15 is 0 Å². The number of anilines is 1. The number of amides is 1. The topological polar surface area (TPSA) is 72.9 Å². The van der Waals surface area contributed by atoms with Crippen LogP contribution in [0.5, 0.6) is 0 Å². The molecule has 152 valence electrons. The highest BCUT2D eigenvalue weighted by Crippen LogP contribution is 2.30. The molecular formula is C23H22N4O2S. The van der Waals surface area contributed by atoms with Crippen LogP contribution < -0.4 is 5.32 Å². The lowest BCUT2D eigenvalue weighted by atomic mass is 10.2. The van der Waals surface area contributed by atoms with Crippen molar-refractivity contribution in [2.24, 2.45) is 0 Å². The van der Waals surface area contributed by atoms with Gasteiger partial charge in [-0.05, 0) is 37.6 Å². The second-order valence-electron chi connectivity index (χ2n) is 6.88. The van der Waals surface area contributed by atoms with E-state index in [0.717, 1.165) is 28.4 Å². The molecule has 2 heterocycles. The van der Waals surface area contributed by atoms with E-state index < -0.39 is 0 Å². The highest BCUT2D eigenvalue weighted by Gasteiger charge is 2.22. The Balaban J connectivity index is 1.60. The smallest absolute Gasteiger partial charge is 0.237 e. The summed E-state index contributed by atoms with van der Waals surface area (Å²) in [6.07, 6.45) is 1.65. The minimum atomic E-state index is -0.345. The van der Waals surface area contributed by atoms with E-state index in [1.165, 1.54) is 11.8 Å². The second kappa shape index (κ2) is 9.00. The number of para-hydroxylation sites is 1. The molecule has 0 fully saturated rings. The van der Waals surface area contributed by atoms with Crippen molar-refractivity contribution in [2.45, 2.75) is 30.8 Å². The van der Waals surface area contributed by atoms with Gasteiger partial charge < -0.3 is 9.73 Å². The molecular weight excluding hydrogens is 396 g/mol. The van der Waals surface area contributed by atoms with Gasteiger partial charge in [0.1, 0.15) is 5.76 Å². The number of nitrogens with zero attached hydrogens (tertiary/aromatic N) is 3. The van der Waals surface area contributed by atoms with Crippen LogP contribution in [0.3, 0.4) is 0 Å². The number of rotatable bonds is 7. The third kappa shape index (κ3) is 4.46. The van der Waals surface area contributed by atoms with E-state index in [0.29, 0.717) is 11.7 Å². The standard InChI is InChI=1S/C23H22N4O2S/c1-16-20(13-14-29-16)21-25-26-23(27(21)15-18-9-5-3-6-10-18)30-17(2)22(28)24-19-11-7-4-8-12-19/h3-14,17H,15H2,1-2H3,(H,24,28)/t17-/m0/s1. The van der Waals surface area contributed by atoms with E-state index in [2.05, 4.69) is 27.6 Å². The van der Waals surface area contributed by atoms with Crippen LogP contribution in [0.25, 0.3) is 11.4 Å². The zero-order valence-corrected chi connectivity index (χ0v) is 17.6. The Morgan fingerprint density at radius 1 is 1.07 bits per heavy atom. The van der Waals surface area contributed by atoms with E-state index in [4.69, 9.17) is 4.42 Å². The Hall–Kier alpha value is -3.32. The third-order valence-corrected chi connectivity index (χ3v) is 5.77. The number of aryl methyl sites for hydroxylation is 1. The normalized spacial score (nSPS) is 11.9. The molecule has 1 atom stereocenters. The SMILES string of the molecule is Cc1occc1-c1nnc(S[C@@H](C)C(=O)Nc2ccccc2)n1Cc1ccccc1. The summed E-state index contributed by atoms with van der Waals surface area (Å²) in [5, 5.41) is 12.1. The van der Waals surface area contributed by atoms with Crippen molar-refractivity contribution in [1.82, 2.24) is 14.8 Å². The van der Waals surface area contributed by atoms with Crippen LogP contribution in [0.15, 0.2) is 82.6 Å². The summed E-state index contributed by atoms with van der Waals surface area (Å²) in [6.45, 7) is 4.37. The van der Waals surface area contributed by atoms with E-state index in [1.54, 1.807) is 6.26 Å². The summed E-state index contributed by atoms with van der Waals surface area (Å²) in [4.78, 5) is 12.7. The van der Waals surface area contributed by atoms with Crippen LogP contribution in [0.1, 0.15) is 18.2 Å². The van der Waals surface area contributed by atoms with Gasteiger partial charge in [-0.25, -0.2) is 0 Å². The van der Waals surface area contributed by atoms with Crippen LogP contribution >= 0.6 is 11.8 Å². The molecule has 4 rings (SSSR count). The van der Waals surface area contributed by atoms with Crippen LogP contribution in [0.2, 0.25) is 0 Å². The zero-order valence-electron chi connectivity index (χ0n) is 16.8. The minimum absolute atomic E-state index is 0.0819. The van der Waals surface area contributed by atoms with Gasteiger partial charge in [0.25, 0.3) is 0 Å². The summed E-state index contributed by atoms with van der Waals surface area (Å²) in [5.41, 5.74) is 2.80. The van der Waals surface area contributed by atoms with Crippen LogP contribution in [0.4, 0.5) is 5.69 Å². The Labute approximate surface area is 179 Å². The van der Waals surface area contributed by atoms with E-state index in [-0.39, 0.29) is 11.2 Å². The van der Waals surface area contributed by atoms with Crippen molar-refractivity contribution in [2.75, 3.05) is 5.32 Å². The molecule has 0 saturated heterocycles. The summed E-state index contributed by atoms with van der Waals surface area (Å²) in [5.74, 6) is 1.42. The molecule has 0 bridgehead atoms. The number of nitrogens with one attached hydrogen (secondary N) is 1. The van der Waals surface area contributed by atoms with Crippen LogP contribution in [-0.4, -0.2) is 25.9 Å². The van der Waals surface area contributed by atoms with Gasteiger partial charge in [-0.15, -0.1) is 10.2 Å². The Morgan fingerprint density at radius 2 is 1.77 bits per heavy atom. The van der Waals surface area contributed by atoms with Crippen molar-refractivity contribution >= 4 is 23.4 Å². The summed E-state index contributed by atoms with van der Waals surface area (Å²) in [6, 6.07) is 21.4. The Bertz CT molecular complexity index is 1120. The number of hydrogen-bond donors (Lipinski definition) is 1. The largest absolute Gasteiger partial charge is 0.469 e. The van der Waals surface area contributed by atoms with Gasteiger partial charge in [0.05, 0.1) is 23.6 Å². The van der Waals surface area contributed by atoms with Gasteiger partial charge in [0, 0.05) is 5.69 Å². The first-order chi connectivity index (χ1) is 14.6. The molecule has 6 nitrogen and oxygen atoms in total. The molecule has 0 spiro atoms. The summed E-state index contributed by atoms with van der Waals surface area (Å²) in [7, 11) is 0. The zero-order chi connectivity index (χ0) is 20.9. The molecule has 0 radical (unpaired) electrons. The van der Waals surface area contributed by atoms with Gasteiger partial charge in [-0.1, -0.05) is 60.3 Å². The fourth-order valence-corrected chi connectivity index (χ4v) is 3.93. The van der Waals surface area contributed by atoms with Crippen molar-refractivity contribution in [3.8, 4) is 11.4 Å². The first-order valence-corrected chi connectivity index (χ1v) is 10.5. The average molecular weight is 419 g/mol. The predicted molar refractivity (Wildman–Crippen MR) is 118 cm³/mol. The molecule has 2 aromatic heterocycles. The molecule has 0 aliphatic rings. The third-order valence-electron chi connectivity index (χ3n) is 4.69. The average Bonchev–Trinajstić information content (AvgIpc) is 3.35. The maximum atomic E-state index is 12.7. The number of hydrogen-bond acceptors (Lipinski definition) is 5. The monoisotopic (exact) mass is 418 g/mol. The maximum Gasteiger partial charge on any atom is 0.237 e. The Kier molecular flexibility index (Phi) is 5.99. The molecule has 7 heteroatoms. The number of thioether (sulfide) groups is 1. The number of aromatic nitrogens is 3. The second-order valence-corrected chi connectivity index (χ2v) is 8.19. The summed E-state index contributed by atoms with van der Waals surface area (Å²) >= 11 is 1.39. The van der Waals surface area contributed by atoms with Gasteiger partial charge in [-0.3, -0.25) is 9.36 Å². The van der Waals surface area contributed by atoms with Gasteiger partial charge in [0.15, 0.2) is 11.0 Å². The molecule has 1 amide bonds. The highest BCUT2D eigenvalue weighted by molar-refractivity contribution is 8.00. The van der Waals surface area contributed by atoms with E-state index in [1.807, 2.05) is 73.0 Å². The van der Waals surface area contributed by atoms with Gasteiger partial charge in [-0.2, -0.15) is 0 Å².